The number of ether oxygens (including phenoxy) is 1. The molecule has 0 bridgehead atoms. The van der Waals surface area contributed by atoms with E-state index in [0.29, 0.717) is 5.92 Å². The van der Waals surface area contributed by atoms with E-state index in [1.165, 1.54) is 24.1 Å². The third-order valence-electron chi connectivity index (χ3n) is 2.60. The molecular weight excluding hydrogens is 212 g/mol. The van der Waals surface area contributed by atoms with Crippen molar-refractivity contribution in [1.82, 2.24) is 9.97 Å². The first-order valence-corrected chi connectivity index (χ1v) is 6.72. The smallest absolute Gasteiger partial charge is 0.220 e. The lowest BCUT2D eigenvalue weighted by atomic mass is 10.1. The van der Waals surface area contributed by atoms with Gasteiger partial charge in [-0.1, -0.05) is 20.8 Å². The number of nitrogens with zero attached hydrogens (tertiary/aromatic N) is 2. The van der Waals surface area contributed by atoms with Crippen LogP contribution >= 0.6 is 0 Å². The normalized spacial score (nSPS) is 14.2. The van der Waals surface area contributed by atoms with Crippen molar-refractivity contribution in [2.45, 2.75) is 65.9 Å². The summed E-state index contributed by atoms with van der Waals surface area (Å²) in [5, 5.41) is 0. The van der Waals surface area contributed by atoms with Crippen molar-refractivity contribution in [3.8, 4) is 5.88 Å². The largest absolute Gasteiger partial charge is 0.475 e. The summed E-state index contributed by atoms with van der Waals surface area (Å²) in [7, 11) is 0. The predicted octanol–water partition coefficient (Wildman–Crippen LogP) is 3.73. The molecule has 1 aromatic rings. The molecule has 2 rings (SSSR count). The van der Waals surface area contributed by atoms with E-state index in [1.807, 2.05) is 27.7 Å². The van der Waals surface area contributed by atoms with Crippen molar-refractivity contribution in [1.29, 1.82) is 0 Å². The van der Waals surface area contributed by atoms with Crippen molar-refractivity contribution in [2.24, 2.45) is 0 Å². The Morgan fingerprint density at radius 1 is 1.29 bits per heavy atom. The molecule has 0 spiro atoms. The molecule has 0 aromatic carbocycles. The minimum Gasteiger partial charge on any atom is -0.475 e. The van der Waals surface area contributed by atoms with Gasteiger partial charge in [0.2, 0.25) is 5.88 Å². The highest BCUT2D eigenvalue weighted by atomic mass is 16.5. The molecule has 1 aliphatic carbocycles. The van der Waals surface area contributed by atoms with Gasteiger partial charge in [0.25, 0.3) is 0 Å². The van der Waals surface area contributed by atoms with Crippen LogP contribution in [0.1, 0.15) is 64.6 Å². The molecule has 1 heterocycles. The predicted molar refractivity (Wildman–Crippen MR) is 70.5 cm³/mol. The Kier molecular flexibility index (Phi) is 5.39. The molecule has 1 aromatic heterocycles. The summed E-state index contributed by atoms with van der Waals surface area (Å²) in [5.74, 6) is 1.45. The molecule has 3 nitrogen and oxygen atoms in total. The summed E-state index contributed by atoms with van der Waals surface area (Å²) in [6, 6.07) is 0. The second-order valence-corrected chi connectivity index (χ2v) is 4.34. The van der Waals surface area contributed by atoms with Crippen molar-refractivity contribution in [3.05, 3.63) is 17.6 Å². The van der Waals surface area contributed by atoms with Gasteiger partial charge in [-0.15, -0.1) is 0 Å². The molecule has 17 heavy (non-hydrogen) atoms. The van der Waals surface area contributed by atoms with E-state index >= 15 is 0 Å². The highest BCUT2D eigenvalue weighted by Crippen LogP contribution is 2.42. The Balaban J connectivity index is 0.000000686. The summed E-state index contributed by atoms with van der Waals surface area (Å²) in [5.41, 5.74) is 2.41. The highest BCUT2D eigenvalue weighted by molar-refractivity contribution is 5.34. The van der Waals surface area contributed by atoms with Gasteiger partial charge in [0.05, 0.1) is 11.8 Å². The Morgan fingerprint density at radius 3 is 2.41 bits per heavy atom. The van der Waals surface area contributed by atoms with Crippen LogP contribution in [0.25, 0.3) is 0 Å². The zero-order chi connectivity index (χ0) is 12.8. The molecule has 0 radical (unpaired) electrons. The molecule has 0 unspecified atom stereocenters. The molecule has 0 atom stereocenters. The second-order valence-electron chi connectivity index (χ2n) is 4.34. The van der Waals surface area contributed by atoms with Crippen LogP contribution in [-0.4, -0.2) is 16.1 Å². The molecule has 0 N–H and O–H groups in total. The Labute approximate surface area is 105 Å². The van der Waals surface area contributed by atoms with Crippen LogP contribution in [-0.2, 0) is 6.42 Å². The van der Waals surface area contributed by atoms with E-state index in [0.717, 1.165) is 12.3 Å². The van der Waals surface area contributed by atoms with Crippen molar-refractivity contribution >= 4 is 0 Å². The van der Waals surface area contributed by atoms with Crippen LogP contribution in [0.5, 0.6) is 5.88 Å². The van der Waals surface area contributed by atoms with E-state index in [1.54, 1.807) is 6.33 Å². The topological polar surface area (TPSA) is 35.0 Å². The van der Waals surface area contributed by atoms with E-state index in [4.69, 9.17) is 4.74 Å². The highest BCUT2D eigenvalue weighted by Gasteiger charge is 2.28. The molecule has 1 aliphatic rings. The van der Waals surface area contributed by atoms with Crippen LogP contribution in [0.2, 0.25) is 0 Å². The van der Waals surface area contributed by atoms with Gasteiger partial charge in [0, 0.05) is 11.5 Å². The minimum atomic E-state index is 0.178. The van der Waals surface area contributed by atoms with Gasteiger partial charge >= 0.3 is 0 Å². The van der Waals surface area contributed by atoms with E-state index < -0.39 is 0 Å². The van der Waals surface area contributed by atoms with Gasteiger partial charge in [-0.05, 0) is 33.1 Å². The quantitative estimate of drug-likeness (QED) is 0.799. The van der Waals surface area contributed by atoms with Gasteiger partial charge in [0.15, 0.2) is 0 Å². The maximum Gasteiger partial charge on any atom is 0.220 e. The fourth-order valence-corrected chi connectivity index (χ4v) is 1.77. The molecule has 0 saturated heterocycles. The van der Waals surface area contributed by atoms with E-state index in [-0.39, 0.29) is 6.10 Å². The van der Waals surface area contributed by atoms with Gasteiger partial charge in [-0.3, -0.25) is 0 Å². The molecular formula is C14H24N2O. The van der Waals surface area contributed by atoms with Crippen LogP contribution in [0.15, 0.2) is 6.33 Å². The van der Waals surface area contributed by atoms with Gasteiger partial charge < -0.3 is 4.74 Å². The minimum absolute atomic E-state index is 0.178. The lowest BCUT2D eigenvalue weighted by Crippen LogP contribution is -2.10. The van der Waals surface area contributed by atoms with Crippen molar-refractivity contribution in [2.75, 3.05) is 0 Å². The number of aromatic nitrogens is 2. The summed E-state index contributed by atoms with van der Waals surface area (Å²) in [6.07, 6.45) is 5.30. The van der Waals surface area contributed by atoms with Crippen molar-refractivity contribution in [3.63, 3.8) is 0 Å². The number of hydrogen-bond acceptors (Lipinski definition) is 3. The summed E-state index contributed by atoms with van der Waals surface area (Å²) < 4.78 is 5.70. The zero-order valence-electron chi connectivity index (χ0n) is 11.7. The average Bonchev–Trinajstić information content (AvgIpc) is 3.14. The number of rotatable bonds is 4. The monoisotopic (exact) mass is 236 g/mol. The van der Waals surface area contributed by atoms with E-state index in [2.05, 4.69) is 16.9 Å². The molecule has 1 fully saturated rings. The lowest BCUT2D eigenvalue weighted by molar-refractivity contribution is 0.229. The van der Waals surface area contributed by atoms with E-state index in [9.17, 15) is 0 Å². The summed E-state index contributed by atoms with van der Waals surface area (Å²) >= 11 is 0. The van der Waals surface area contributed by atoms with Crippen LogP contribution < -0.4 is 4.74 Å². The molecule has 3 heteroatoms. The van der Waals surface area contributed by atoms with Crippen LogP contribution in [0, 0.1) is 0 Å². The summed E-state index contributed by atoms with van der Waals surface area (Å²) in [4.78, 5) is 8.62. The first-order valence-electron chi connectivity index (χ1n) is 6.72. The Hall–Kier alpha value is -1.12. The van der Waals surface area contributed by atoms with Gasteiger partial charge in [-0.2, -0.15) is 0 Å². The zero-order valence-corrected chi connectivity index (χ0v) is 11.7. The Bertz CT molecular complexity index is 346. The van der Waals surface area contributed by atoms with Crippen LogP contribution in [0.4, 0.5) is 0 Å². The maximum absolute atomic E-state index is 5.70. The van der Waals surface area contributed by atoms with Crippen molar-refractivity contribution < 1.29 is 4.74 Å². The molecule has 1 saturated carbocycles. The molecule has 0 amide bonds. The SMILES string of the molecule is CC.CCc1c(OC(C)C)ncnc1C1CC1. The van der Waals surface area contributed by atoms with Crippen LogP contribution in [0.3, 0.4) is 0 Å². The Morgan fingerprint density at radius 2 is 1.94 bits per heavy atom. The molecule has 0 aliphatic heterocycles. The summed E-state index contributed by atoms with van der Waals surface area (Å²) in [6.45, 7) is 10.2. The lowest BCUT2D eigenvalue weighted by Gasteiger charge is -2.14. The second kappa shape index (κ2) is 6.58. The fraction of sp³-hybridized carbons (Fsp3) is 0.714. The average molecular weight is 236 g/mol. The third kappa shape index (κ3) is 3.69. The standard InChI is InChI=1S/C12H18N2O.C2H6/c1-4-10-11(9-5-6-9)13-7-14-12(10)15-8(2)3;1-2/h7-9H,4-6H2,1-3H3;1-2H3. The maximum atomic E-state index is 5.70. The molecule has 96 valence electrons. The fourth-order valence-electron chi connectivity index (χ4n) is 1.77. The van der Waals surface area contributed by atoms with Gasteiger partial charge in [-0.25, -0.2) is 9.97 Å². The third-order valence-corrected chi connectivity index (χ3v) is 2.60. The first kappa shape index (κ1) is 13.9. The van der Waals surface area contributed by atoms with Gasteiger partial charge in [0.1, 0.15) is 6.33 Å². The first-order chi connectivity index (χ1) is 8.22. The number of hydrogen-bond donors (Lipinski definition) is 0.